The van der Waals surface area contributed by atoms with Gasteiger partial charge in [0.25, 0.3) is 0 Å². The molecule has 0 aromatic heterocycles. The molecule has 4 nitrogen and oxygen atoms in total. The Hall–Kier alpha value is -2.46. The Bertz CT molecular complexity index is 646. The first kappa shape index (κ1) is 23.6. The van der Waals surface area contributed by atoms with Crippen molar-refractivity contribution in [2.75, 3.05) is 31.5 Å². The normalized spacial score (nSPS) is 17.9. The molecule has 1 atom stereocenters. The van der Waals surface area contributed by atoms with Crippen LogP contribution in [-0.4, -0.2) is 43.0 Å². The van der Waals surface area contributed by atoms with Crippen molar-refractivity contribution in [1.29, 1.82) is 0 Å². The van der Waals surface area contributed by atoms with Crippen molar-refractivity contribution < 1.29 is 13.2 Å². The summed E-state index contributed by atoms with van der Waals surface area (Å²) in [6.45, 7) is 7.20. The Kier molecular flexibility index (Phi) is 10.2. The van der Waals surface area contributed by atoms with Crippen LogP contribution in [0.1, 0.15) is 32.3 Å². The highest BCUT2D eigenvalue weighted by Gasteiger charge is 2.30. The van der Waals surface area contributed by atoms with E-state index in [0.29, 0.717) is 18.3 Å². The summed E-state index contributed by atoms with van der Waals surface area (Å²) in [6.07, 6.45) is 9.53. The van der Waals surface area contributed by atoms with Crippen molar-refractivity contribution in [3.8, 4) is 12.8 Å². The SMILES string of the molecule is C#C.C/C=C\N=C(CNc1ccc(C(F)(F)F)cc1)N1CCNC(CCC)C1. The van der Waals surface area contributed by atoms with E-state index in [9.17, 15) is 13.2 Å². The second-order valence-corrected chi connectivity index (χ2v) is 6.34. The number of benzene rings is 1. The van der Waals surface area contributed by atoms with E-state index in [4.69, 9.17) is 0 Å². The summed E-state index contributed by atoms with van der Waals surface area (Å²) in [7, 11) is 0. The molecular weight excluding hydrogens is 365 g/mol. The predicted molar refractivity (Wildman–Crippen MR) is 110 cm³/mol. The van der Waals surface area contributed by atoms with E-state index >= 15 is 0 Å². The van der Waals surface area contributed by atoms with E-state index in [0.717, 1.165) is 50.4 Å². The Morgan fingerprint density at radius 2 is 2.00 bits per heavy atom. The molecule has 0 saturated carbocycles. The first-order valence-electron chi connectivity index (χ1n) is 9.34. The Morgan fingerprint density at radius 1 is 1.32 bits per heavy atom. The maximum Gasteiger partial charge on any atom is 0.416 e. The average molecular weight is 394 g/mol. The van der Waals surface area contributed by atoms with Crippen LogP contribution in [0.15, 0.2) is 41.5 Å². The molecule has 1 aromatic rings. The van der Waals surface area contributed by atoms with Gasteiger partial charge in [-0.2, -0.15) is 13.2 Å². The van der Waals surface area contributed by atoms with Crippen LogP contribution in [-0.2, 0) is 6.18 Å². The van der Waals surface area contributed by atoms with Crippen LogP contribution in [0.4, 0.5) is 18.9 Å². The van der Waals surface area contributed by atoms with E-state index < -0.39 is 11.7 Å². The highest BCUT2D eigenvalue weighted by Crippen LogP contribution is 2.29. The third kappa shape index (κ3) is 7.65. The highest BCUT2D eigenvalue weighted by atomic mass is 19.4. The van der Waals surface area contributed by atoms with Crippen LogP contribution < -0.4 is 10.6 Å². The van der Waals surface area contributed by atoms with E-state index in [1.54, 1.807) is 6.20 Å². The maximum absolute atomic E-state index is 12.7. The van der Waals surface area contributed by atoms with Gasteiger partial charge in [0.05, 0.1) is 12.1 Å². The molecule has 7 heteroatoms. The molecule has 2 N–H and O–H groups in total. The monoisotopic (exact) mass is 394 g/mol. The summed E-state index contributed by atoms with van der Waals surface area (Å²) >= 11 is 0. The number of terminal acetylenes is 1. The first-order chi connectivity index (χ1) is 13.4. The standard InChI is InChI=1S/C19H27F3N4.C2H2/c1-3-5-17-14-26(12-11-23-17)18(24-10-4-2)13-25-16-8-6-15(7-9-16)19(20,21)22;1-2/h4,6-10,17,23,25H,3,5,11-14H2,1-2H3;1-2H/b10-4-,24-18?;. The number of allylic oxidation sites excluding steroid dienone is 1. The number of nitrogens with zero attached hydrogens (tertiary/aromatic N) is 2. The van der Waals surface area contributed by atoms with Gasteiger partial charge in [-0.25, -0.2) is 4.99 Å². The largest absolute Gasteiger partial charge is 0.416 e. The summed E-state index contributed by atoms with van der Waals surface area (Å²) in [5, 5.41) is 6.70. The summed E-state index contributed by atoms with van der Waals surface area (Å²) in [6, 6.07) is 5.53. The van der Waals surface area contributed by atoms with Gasteiger partial charge in [0, 0.05) is 37.6 Å². The molecule has 1 unspecified atom stereocenters. The van der Waals surface area contributed by atoms with Gasteiger partial charge < -0.3 is 15.5 Å². The number of amidine groups is 1. The van der Waals surface area contributed by atoms with Gasteiger partial charge in [0.1, 0.15) is 5.84 Å². The molecule has 0 amide bonds. The van der Waals surface area contributed by atoms with Crippen molar-refractivity contribution in [3.63, 3.8) is 0 Å². The topological polar surface area (TPSA) is 39.7 Å². The van der Waals surface area contributed by atoms with Gasteiger partial charge in [-0.1, -0.05) is 19.4 Å². The molecule has 0 bridgehead atoms. The molecule has 1 heterocycles. The Balaban J connectivity index is 0.00000190. The Labute approximate surface area is 165 Å². The van der Waals surface area contributed by atoms with Gasteiger partial charge in [-0.3, -0.25) is 0 Å². The third-order valence-corrected chi connectivity index (χ3v) is 4.29. The summed E-state index contributed by atoms with van der Waals surface area (Å²) in [4.78, 5) is 6.77. The fraction of sp³-hybridized carbons (Fsp3) is 0.476. The lowest BCUT2D eigenvalue weighted by atomic mass is 10.1. The lowest BCUT2D eigenvalue weighted by Gasteiger charge is -2.36. The number of alkyl halides is 3. The molecule has 1 aliphatic rings. The summed E-state index contributed by atoms with van der Waals surface area (Å²) < 4.78 is 38.0. The maximum atomic E-state index is 12.7. The molecular formula is C21H29F3N4. The average Bonchev–Trinajstić information content (AvgIpc) is 2.70. The van der Waals surface area contributed by atoms with E-state index in [1.807, 2.05) is 13.0 Å². The number of hydrogen-bond donors (Lipinski definition) is 2. The zero-order valence-corrected chi connectivity index (χ0v) is 16.5. The number of halogens is 3. The van der Waals surface area contributed by atoms with Crippen molar-refractivity contribution in [1.82, 2.24) is 10.2 Å². The van der Waals surface area contributed by atoms with E-state index in [-0.39, 0.29) is 0 Å². The molecule has 1 saturated heterocycles. The summed E-state index contributed by atoms with van der Waals surface area (Å²) in [5.74, 6) is 0.894. The minimum Gasteiger partial charge on any atom is -0.378 e. The van der Waals surface area contributed by atoms with Gasteiger partial charge in [0.2, 0.25) is 0 Å². The highest BCUT2D eigenvalue weighted by molar-refractivity contribution is 5.87. The molecule has 154 valence electrons. The fourth-order valence-electron chi connectivity index (χ4n) is 2.96. The number of nitrogens with one attached hydrogen (secondary N) is 2. The van der Waals surface area contributed by atoms with Crippen LogP contribution in [0.3, 0.4) is 0 Å². The molecule has 1 aromatic carbocycles. The molecule has 1 fully saturated rings. The van der Waals surface area contributed by atoms with Gasteiger partial charge in [-0.15, -0.1) is 12.8 Å². The zero-order valence-electron chi connectivity index (χ0n) is 16.5. The van der Waals surface area contributed by atoms with Crippen molar-refractivity contribution >= 4 is 11.5 Å². The molecule has 1 aliphatic heterocycles. The van der Waals surface area contributed by atoms with Crippen LogP contribution >= 0.6 is 0 Å². The molecule has 0 spiro atoms. The minimum absolute atomic E-state index is 0.440. The molecule has 28 heavy (non-hydrogen) atoms. The van der Waals surface area contributed by atoms with Gasteiger partial charge >= 0.3 is 6.18 Å². The lowest BCUT2D eigenvalue weighted by molar-refractivity contribution is -0.137. The van der Waals surface area contributed by atoms with Gasteiger partial charge in [-0.05, 0) is 37.6 Å². The van der Waals surface area contributed by atoms with Crippen LogP contribution in [0.25, 0.3) is 0 Å². The van der Waals surface area contributed by atoms with Crippen LogP contribution in [0.5, 0.6) is 0 Å². The predicted octanol–water partition coefficient (Wildman–Crippen LogP) is 4.37. The van der Waals surface area contributed by atoms with E-state index in [2.05, 4.69) is 40.3 Å². The number of anilines is 1. The van der Waals surface area contributed by atoms with Gasteiger partial charge in [0.15, 0.2) is 0 Å². The van der Waals surface area contributed by atoms with Crippen LogP contribution in [0.2, 0.25) is 0 Å². The lowest BCUT2D eigenvalue weighted by Crippen LogP contribution is -2.53. The fourth-order valence-corrected chi connectivity index (χ4v) is 2.96. The third-order valence-electron chi connectivity index (χ3n) is 4.29. The number of piperazine rings is 1. The number of rotatable bonds is 6. The Morgan fingerprint density at radius 3 is 2.57 bits per heavy atom. The smallest absolute Gasteiger partial charge is 0.378 e. The van der Waals surface area contributed by atoms with Crippen LogP contribution in [0, 0.1) is 12.8 Å². The number of aliphatic imine (C=N–C) groups is 1. The first-order valence-corrected chi connectivity index (χ1v) is 9.34. The molecule has 0 radical (unpaired) electrons. The number of hydrogen-bond acceptors (Lipinski definition) is 3. The molecule has 0 aliphatic carbocycles. The second kappa shape index (κ2) is 12.1. The quantitative estimate of drug-likeness (QED) is 0.428. The van der Waals surface area contributed by atoms with Crippen molar-refractivity contribution in [3.05, 3.63) is 42.1 Å². The van der Waals surface area contributed by atoms with Crippen molar-refractivity contribution in [2.45, 2.75) is 38.9 Å². The molecule has 2 rings (SSSR count). The second-order valence-electron chi connectivity index (χ2n) is 6.34. The zero-order chi connectivity index (χ0) is 21.0. The van der Waals surface area contributed by atoms with E-state index in [1.165, 1.54) is 12.1 Å². The minimum atomic E-state index is -4.31. The summed E-state index contributed by atoms with van der Waals surface area (Å²) in [5.41, 5.74) is 0.00166. The van der Waals surface area contributed by atoms with Crippen molar-refractivity contribution in [2.24, 2.45) is 4.99 Å².